The van der Waals surface area contributed by atoms with Crippen LogP contribution in [-0.4, -0.2) is 35.1 Å². The fraction of sp³-hybridized carbons (Fsp3) is 0.459. The Balaban J connectivity index is 1.68. The number of carboxylic acids is 1. The number of para-hydroxylation sites is 2. The van der Waals surface area contributed by atoms with Gasteiger partial charge in [-0.05, 0) is 36.2 Å². The number of unbranched alkanes of at least 4 members (excludes halogenated alkanes) is 8. The van der Waals surface area contributed by atoms with E-state index >= 15 is 0 Å². The van der Waals surface area contributed by atoms with Gasteiger partial charge in [0.2, 0.25) is 5.91 Å². The van der Waals surface area contributed by atoms with Crippen molar-refractivity contribution in [3.63, 3.8) is 0 Å². The fourth-order valence-electron chi connectivity index (χ4n) is 5.20. The Morgan fingerprint density at radius 1 is 0.766 bits per heavy atom. The maximum absolute atomic E-state index is 13.4. The molecule has 9 nitrogen and oxygen atoms in total. The number of amides is 1. The molecule has 0 saturated carbocycles. The van der Waals surface area contributed by atoms with E-state index in [-0.39, 0.29) is 17.9 Å². The van der Waals surface area contributed by atoms with E-state index in [2.05, 4.69) is 12.2 Å². The first-order valence-electron chi connectivity index (χ1n) is 16.6. The Labute approximate surface area is 280 Å². The van der Waals surface area contributed by atoms with Crippen LogP contribution in [-0.2, 0) is 30.0 Å². The number of carbonyl (C=O) groups excluding carboxylic acids is 1. The first-order valence-corrected chi connectivity index (χ1v) is 17.3. The zero-order valence-corrected chi connectivity index (χ0v) is 28.2. The summed E-state index contributed by atoms with van der Waals surface area (Å²) < 4.78 is 35.4. The van der Waals surface area contributed by atoms with Gasteiger partial charge in [-0.1, -0.05) is 131 Å². The molecule has 0 aliphatic heterocycles. The molecule has 2 unspecified atom stereocenters. The highest BCUT2D eigenvalue weighted by Gasteiger charge is 2.44. The topological polar surface area (TPSA) is 120 Å². The zero-order valence-electron chi connectivity index (χ0n) is 27.3. The van der Waals surface area contributed by atoms with Gasteiger partial charge >= 0.3 is 20.6 Å². The van der Waals surface area contributed by atoms with Crippen molar-refractivity contribution in [2.45, 2.75) is 109 Å². The zero-order chi connectivity index (χ0) is 33.6. The van der Waals surface area contributed by atoms with Crippen molar-refractivity contribution in [3.05, 3.63) is 96.6 Å². The van der Waals surface area contributed by atoms with Crippen LogP contribution in [0.3, 0.4) is 0 Å². The Morgan fingerprint density at radius 2 is 1.28 bits per heavy atom. The second-order valence-corrected chi connectivity index (χ2v) is 11.9. The van der Waals surface area contributed by atoms with Crippen LogP contribution in [0.25, 0.3) is 0 Å². The van der Waals surface area contributed by atoms with E-state index in [1.54, 1.807) is 60.7 Å². The molecule has 0 saturated heterocycles. The van der Waals surface area contributed by atoms with Crippen molar-refractivity contribution >= 4 is 20.6 Å². The lowest BCUT2D eigenvalue weighted by atomic mass is 10.0. The monoisotopic (exact) mass is 665 g/mol. The number of rotatable bonds is 25. The molecule has 1 amide bonds. The van der Waals surface area contributed by atoms with E-state index in [1.165, 1.54) is 38.5 Å². The standard InChI is InChI=1S/C37H48NO8P/c1-2-3-4-5-6-7-8-9-15-26-33(43-29-30-20-13-10-14-21-30)27-35(39)38-34(36(40)41)28-37(46-47-42,44-31-22-16-11-17-23-31)45-32-24-18-12-19-25-32/h10-14,16-25,33-34H,2-9,15,26-29H2,1H3,(H,38,39)(H,40,41). The fourth-order valence-corrected chi connectivity index (χ4v) is 5.46. The van der Waals surface area contributed by atoms with Crippen LogP contribution in [0.5, 0.6) is 11.5 Å². The van der Waals surface area contributed by atoms with Gasteiger partial charge < -0.3 is 24.6 Å². The van der Waals surface area contributed by atoms with Gasteiger partial charge in [-0.25, -0.2) is 13.9 Å². The molecule has 0 spiro atoms. The van der Waals surface area contributed by atoms with Gasteiger partial charge in [0.15, 0.2) is 0 Å². The molecule has 47 heavy (non-hydrogen) atoms. The van der Waals surface area contributed by atoms with Crippen molar-refractivity contribution in [1.29, 1.82) is 0 Å². The Morgan fingerprint density at radius 3 is 1.79 bits per heavy atom. The highest BCUT2D eigenvalue weighted by atomic mass is 31.1. The average molecular weight is 666 g/mol. The van der Waals surface area contributed by atoms with E-state index in [9.17, 15) is 19.3 Å². The molecule has 0 aliphatic carbocycles. The predicted molar refractivity (Wildman–Crippen MR) is 181 cm³/mol. The van der Waals surface area contributed by atoms with E-state index in [4.69, 9.17) is 18.7 Å². The van der Waals surface area contributed by atoms with Gasteiger partial charge in [0, 0.05) is 0 Å². The molecule has 2 N–H and O–H groups in total. The molecule has 0 bridgehead atoms. The van der Waals surface area contributed by atoms with Gasteiger partial charge in [-0.2, -0.15) is 0 Å². The molecule has 3 aromatic rings. The summed E-state index contributed by atoms with van der Waals surface area (Å²) in [5, 5.41) is 12.8. The number of carboxylic acid groups (broad SMARTS) is 1. The quantitative estimate of drug-likeness (QED) is 0.0523. The van der Waals surface area contributed by atoms with Crippen LogP contribution in [0.4, 0.5) is 0 Å². The van der Waals surface area contributed by atoms with Crippen LogP contribution >= 0.6 is 8.69 Å². The smallest absolute Gasteiger partial charge is 0.384 e. The van der Waals surface area contributed by atoms with Crippen molar-refractivity contribution in [1.82, 2.24) is 5.32 Å². The average Bonchev–Trinajstić information content (AvgIpc) is 3.07. The summed E-state index contributed by atoms with van der Waals surface area (Å²) in [4.78, 5) is 25.8. The lowest BCUT2D eigenvalue weighted by Crippen LogP contribution is -2.52. The summed E-state index contributed by atoms with van der Waals surface area (Å²) >= 11 is 0. The third-order valence-electron chi connectivity index (χ3n) is 7.67. The van der Waals surface area contributed by atoms with Crippen LogP contribution in [0, 0.1) is 0 Å². The molecule has 2 atom stereocenters. The first kappa shape index (κ1) is 37.7. The van der Waals surface area contributed by atoms with Crippen LogP contribution in [0.15, 0.2) is 91.0 Å². The van der Waals surface area contributed by atoms with Crippen molar-refractivity contribution in [3.8, 4) is 11.5 Å². The molecule has 0 heterocycles. The SMILES string of the molecule is CCCCCCCCCCCC(CC(=O)NC(CC(OP=O)(Oc1ccccc1)Oc1ccccc1)C(=O)O)OCc1ccccc1. The molecule has 0 aromatic heterocycles. The number of hydrogen-bond donors (Lipinski definition) is 2. The van der Waals surface area contributed by atoms with E-state index in [0.29, 0.717) is 13.0 Å². The van der Waals surface area contributed by atoms with E-state index in [0.717, 1.165) is 24.8 Å². The summed E-state index contributed by atoms with van der Waals surface area (Å²) in [6.07, 6.45) is 10.3. The number of carbonyl (C=O) groups is 2. The Bertz CT molecular complexity index is 1250. The summed E-state index contributed by atoms with van der Waals surface area (Å²) in [7, 11) is -0.807. The minimum absolute atomic E-state index is 0.0274. The lowest BCUT2D eigenvalue weighted by Gasteiger charge is -2.33. The molecule has 0 fully saturated rings. The molecule has 254 valence electrons. The van der Waals surface area contributed by atoms with Gasteiger partial charge in [-0.3, -0.25) is 4.79 Å². The molecule has 0 radical (unpaired) electrons. The molecular formula is C37H48NO8P. The van der Waals surface area contributed by atoms with Gasteiger partial charge in [0.25, 0.3) is 0 Å². The normalized spacial score (nSPS) is 12.7. The summed E-state index contributed by atoms with van der Waals surface area (Å²) in [5.41, 5.74) is 0.989. The molecule has 3 rings (SSSR count). The van der Waals surface area contributed by atoms with Crippen LogP contribution in [0.2, 0.25) is 0 Å². The van der Waals surface area contributed by atoms with Gasteiger partial charge in [0.05, 0.1) is 25.6 Å². The van der Waals surface area contributed by atoms with Crippen LogP contribution in [0.1, 0.15) is 89.5 Å². The largest absolute Gasteiger partial charge is 0.480 e. The van der Waals surface area contributed by atoms with Crippen molar-refractivity contribution in [2.24, 2.45) is 0 Å². The Hall–Kier alpha value is -3.78. The highest BCUT2D eigenvalue weighted by Crippen LogP contribution is 2.31. The summed E-state index contributed by atoms with van der Waals surface area (Å²) in [6, 6.07) is 25.2. The van der Waals surface area contributed by atoms with Crippen molar-refractivity contribution in [2.75, 3.05) is 0 Å². The third kappa shape index (κ3) is 15.1. The maximum Gasteiger partial charge on any atom is 0.384 e. The Kier molecular flexibility index (Phi) is 17.6. The molecule has 0 aliphatic rings. The van der Waals surface area contributed by atoms with E-state index in [1.807, 2.05) is 30.3 Å². The number of hydrogen-bond acceptors (Lipinski definition) is 7. The maximum atomic E-state index is 13.4. The lowest BCUT2D eigenvalue weighted by molar-refractivity contribution is -0.255. The second-order valence-electron chi connectivity index (χ2n) is 11.6. The molecule has 10 heteroatoms. The second kappa shape index (κ2) is 21.9. The first-order chi connectivity index (χ1) is 22.9. The number of aliphatic carboxylic acids is 1. The van der Waals surface area contributed by atoms with Crippen LogP contribution < -0.4 is 14.8 Å². The van der Waals surface area contributed by atoms with Gasteiger partial charge in [0.1, 0.15) is 17.5 Å². The predicted octanol–water partition coefficient (Wildman–Crippen LogP) is 8.88. The number of nitrogens with one attached hydrogen (secondary N) is 1. The summed E-state index contributed by atoms with van der Waals surface area (Å²) in [5.74, 6) is -3.40. The number of benzene rings is 3. The number of ether oxygens (including phenoxy) is 3. The minimum atomic E-state index is -2.15. The van der Waals surface area contributed by atoms with E-state index < -0.39 is 45.1 Å². The van der Waals surface area contributed by atoms with Gasteiger partial charge in [-0.15, -0.1) is 0 Å². The third-order valence-corrected chi connectivity index (χ3v) is 8.02. The highest BCUT2D eigenvalue weighted by molar-refractivity contribution is 7.17. The molecular weight excluding hydrogens is 617 g/mol. The molecule has 3 aromatic carbocycles. The van der Waals surface area contributed by atoms with Crippen molar-refractivity contribution < 1.29 is 38.0 Å². The minimum Gasteiger partial charge on any atom is -0.480 e. The summed E-state index contributed by atoms with van der Waals surface area (Å²) in [6.45, 7) is 2.56.